The van der Waals surface area contributed by atoms with Crippen LogP contribution in [0.4, 0.5) is 8.78 Å². The van der Waals surface area contributed by atoms with E-state index in [0.717, 1.165) is 5.56 Å². The van der Waals surface area contributed by atoms with Crippen molar-refractivity contribution in [1.82, 2.24) is 0 Å². The number of rotatable bonds is 2. The molecule has 3 rings (SSSR count). The normalized spacial score (nSPS) is 10.6. The smallest absolute Gasteiger partial charge is 0.170 e. The molecule has 19 heavy (non-hydrogen) atoms. The van der Waals surface area contributed by atoms with Crippen LogP contribution in [0.2, 0.25) is 0 Å². The highest BCUT2D eigenvalue weighted by Crippen LogP contribution is 2.31. The van der Waals surface area contributed by atoms with Gasteiger partial charge >= 0.3 is 0 Å². The van der Waals surface area contributed by atoms with Gasteiger partial charge in [0.25, 0.3) is 0 Å². The Morgan fingerprint density at radius 1 is 0.737 bits per heavy atom. The molecule has 0 aliphatic rings. The third kappa shape index (κ3) is 2.27. The van der Waals surface area contributed by atoms with Gasteiger partial charge in [-0.3, -0.25) is 0 Å². The van der Waals surface area contributed by atoms with E-state index in [1.54, 1.807) is 0 Å². The number of halogens is 2. The molecule has 1 aromatic heterocycles. The highest BCUT2D eigenvalue weighted by molar-refractivity contribution is 5.65. The molecule has 0 saturated heterocycles. The average molecular weight is 256 g/mol. The van der Waals surface area contributed by atoms with E-state index in [1.165, 1.54) is 30.3 Å². The molecular formula is C16H10F2O. The Morgan fingerprint density at radius 2 is 1.42 bits per heavy atom. The summed E-state index contributed by atoms with van der Waals surface area (Å²) in [7, 11) is 0. The van der Waals surface area contributed by atoms with E-state index >= 15 is 0 Å². The van der Waals surface area contributed by atoms with Gasteiger partial charge in [-0.25, -0.2) is 8.78 Å². The summed E-state index contributed by atoms with van der Waals surface area (Å²) in [6, 6.07) is 16.1. The third-order valence-corrected chi connectivity index (χ3v) is 2.85. The molecule has 0 bridgehead atoms. The molecule has 3 aromatic rings. The van der Waals surface area contributed by atoms with Gasteiger partial charge < -0.3 is 4.42 Å². The van der Waals surface area contributed by atoms with Crippen molar-refractivity contribution >= 4 is 0 Å². The topological polar surface area (TPSA) is 13.1 Å². The van der Waals surface area contributed by atoms with Crippen molar-refractivity contribution in [2.24, 2.45) is 0 Å². The number of furan rings is 1. The predicted octanol–water partition coefficient (Wildman–Crippen LogP) is 4.89. The predicted molar refractivity (Wildman–Crippen MR) is 69.5 cm³/mol. The zero-order valence-electron chi connectivity index (χ0n) is 9.94. The lowest BCUT2D eigenvalue weighted by molar-refractivity contribution is 0.557. The van der Waals surface area contributed by atoms with E-state index < -0.39 is 5.82 Å². The first-order valence-electron chi connectivity index (χ1n) is 5.85. The average Bonchev–Trinajstić information content (AvgIpc) is 2.83. The molecule has 1 nitrogen and oxygen atoms in total. The molecule has 1 heterocycles. The SMILES string of the molecule is Fc1ccc(-c2oc(-c3ccccc3)cc2F)cc1. The first-order chi connectivity index (χ1) is 9.24. The van der Waals surface area contributed by atoms with Crippen LogP contribution in [0.25, 0.3) is 22.6 Å². The second kappa shape index (κ2) is 4.69. The van der Waals surface area contributed by atoms with Gasteiger partial charge in [-0.15, -0.1) is 0 Å². The van der Waals surface area contributed by atoms with Crippen LogP contribution in [0.5, 0.6) is 0 Å². The van der Waals surface area contributed by atoms with Gasteiger partial charge in [-0.2, -0.15) is 0 Å². The fourth-order valence-electron chi connectivity index (χ4n) is 1.91. The van der Waals surface area contributed by atoms with Gasteiger partial charge in [-0.05, 0) is 24.3 Å². The molecule has 0 aliphatic carbocycles. The van der Waals surface area contributed by atoms with Crippen LogP contribution in [0.3, 0.4) is 0 Å². The minimum Gasteiger partial charge on any atom is -0.453 e. The summed E-state index contributed by atoms with van der Waals surface area (Å²) in [6.45, 7) is 0. The minimum atomic E-state index is -0.453. The van der Waals surface area contributed by atoms with Crippen LogP contribution in [0.1, 0.15) is 0 Å². The van der Waals surface area contributed by atoms with Crippen molar-refractivity contribution in [3.8, 4) is 22.6 Å². The molecule has 3 heteroatoms. The van der Waals surface area contributed by atoms with Gasteiger partial charge in [0.15, 0.2) is 11.6 Å². The lowest BCUT2D eigenvalue weighted by Gasteiger charge is -1.98. The molecule has 0 unspecified atom stereocenters. The van der Waals surface area contributed by atoms with Crippen LogP contribution in [-0.2, 0) is 0 Å². The van der Waals surface area contributed by atoms with Crippen molar-refractivity contribution < 1.29 is 13.2 Å². The Bertz CT molecular complexity index is 685. The van der Waals surface area contributed by atoms with E-state index in [-0.39, 0.29) is 11.6 Å². The second-order valence-corrected chi connectivity index (χ2v) is 4.16. The fourth-order valence-corrected chi connectivity index (χ4v) is 1.91. The Balaban J connectivity index is 2.05. The van der Waals surface area contributed by atoms with Gasteiger partial charge in [0.2, 0.25) is 0 Å². The third-order valence-electron chi connectivity index (χ3n) is 2.85. The van der Waals surface area contributed by atoms with Gasteiger partial charge in [-0.1, -0.05) is 30.3 Å². The van der Waals surface area contributed by atoms with Crippen LogP contribution in [0.15, 0.2) is 65.1 Å². The van der Waals surface area contributed by atoms with Gasteiger partial charge in [0.05, 0.1) is 0 Å². The first-order valence-corrected chi connectivity index (χ1v) is 5.85. The van der Waals surface area contributed by atoms with E-state index in [0.29, 0.717) is 11.3 Å². The second-order valence-electron chi connectivity index (χ2n) is 4.16. The summed E-state index contributed by atoms with van der Waals surface area (Å²) in [5, 5.41) is 0. The standard InChI is InChI=1S/C16H10F2O/c17-13-8-6-12(7-9-13)16-14(18)10-15(19-16)11-4-2-1-3-5-11/h1-10H. The zero-order valence-corrected chi connectivity index (χ0v) is 9.94. The molecule has 0 N–H and O–H groups in total. The monoisotopic (exact) mass is 256 g/mol. The summed E-state index contributed by atoms with van der Waals surface area (Å²) < 4.78 is 32.3. The molecule has 0 radical (unpaired) electrons. The van der Waals surface area contributed by atoms with Crippen molar-refractivity contribution in [2.45, 2.75) is 0 Å². The maximum absolute atomic E-state index is 13.9. The van der Waals surface area contributed by atoms with Crippen molar-refractivity contribution in [1.29, 1.82) is 0 Å². The molecule has 0 fully saturated rings. The molecule has 2 aromatic carbocycles. The number of hydrogen-bond donors (Lipinski definition) is 0. The Hall–Kier alpha value is -2.42. The Labute approximate surface area is 109 Å². The summed E-state index contributed by atoms with van der Waals surface area (Å²) in [6.07, 6.45) is 0. The first kappa shape index (κ1) is 11.7. The van der Waals surface area contributed by atoms with Crippen LogP contribution in [0, 0.1) is 11.6 Å². The quantitative estimate of drug-likeness (QED) is 0.636. The van der Waals surface area contributed by atoms with E-state index in [2.05, 4.69) is 0 Å². The van der Waals surface area contributed by atoms with Crippen LogP contribution in [-0.4, -0.2) is 0 Å². The summed E-state index contributed by atoms with van der Waals surface area (Å²) >= 11 is 0. The van der Waals surface area contributed by atoms with Crippen LogP contribution < -0.4 is 0 Å². The van der Waals surface area contributed by atoms with Crippen molar-refractivity contribution in [2.75, 3.05) is 0 Å². The molecule has 0 spiro atoms. The molecule has 0 amide bonds. The molecule has 0 aliphatic heterocycles. The maximum atomic E-state index is 13.9. The molecule has 0 saturated carbocycles. The maximum Gasteiger partial charge on any atom is 0.170 e. The lowest BCUT2D eigenvalue weighted by atomic mass is 10.1. The minimum absolute atomic E-state index is 0.124. The van der Waals surface area contributed by atoms with E-state index in [9.17, 15) is 8.78 Å². The van der Waals surface area contributed by atoms with Gasteiger partial charge in [0, 0.05) is 17.2 Å². The molecular weight excluding hydrogens is 246 g/mol. The number of benzene rings is 2. The lowest BCUT2D eigenvalue weighted by Crippen LogP contribution is -1.78. The van der Waals surface area contributed by atoms with Gasteiger partial charge in [0.1, 0.15) is 11.6 Å². The summed E-state index contributed by atoms with van der Waals surface area (Å²) in [5.74, 6) is -0.235. The molecule has 94 valence electrons. The largest absolute Gasteiger partial charge is 0.453 e. The molecule has 0 atom stereocenters. The Morgan fingerprint density at radius 3 is 2.11 bits per heavy atom. The van der Waals surface area contributed by atoms with Crippen LogP contribution >= 0.6 is 0 Å². The number of hydrogen-bond acceptors (Lipinski definition) is 1. The fraction of sp³-hybridized carbons (Fsp3) is 0. The van der Waals surface area contributed by atoms with E-state index in [4.69, 9.17) is 4.42 Å². The van der Waals surface area contributed by atoms with Crippen molar-refractivity contribution in [3.05, 3.63) is 72.3 Å². The zero-order chi connectivity index (χ0) is 13.2. The van der Waals surface area contributed by atoms with Crippen molar-refractivity contribution in [3.63, 3.8) is 0 Å². The van der Waals surface area contributed by atoms with E-state index in [1.807, 2.05) is 30.3 Å². The summed E-state index contributed by atoms with van der Waals surface area (Å²) in [4.78, 5) is 0. The highest BCUT2D eigenvalue weighted by Gasteiger charge is 2.14. The highest BCUT2D eigenvalue weighted by atomic mass is 19.1. The Kier molecular flexibility index (Phi) is 2.88. The summed E-state index contributed by atoms with van der Waals surface area (Å²) in [5.41, 5.74) is 1.32.